The van der Waals surface area contributed by atoms with Gasteiger partial charge in [0.05, 0.1) is 12.7 Å². The zero-order valence-corrected chi connectivity index (χ0v) is 13.3. The number of ketones is 1. The van der Waals surface area contributed by atoms with E-state index < -0.39 is 0 Å². The molecule has 20 heavy (non-hydrogen) atoms. The lowest BCUT2D eigenvalue weighted by Gasteiger charge is -2.22. The fraction of sp³-hybridized carbons (Fsp3) is 0.941. The Labute approximate surface area is 124 Å². The Kier molecular flexibility index (Phi) is 10.9. The Morgan fingerprint density at radius 3 is 2.35 bits per heavy atom. The van der Waals surface area contributed by atoms with Gasteiger partial charge >= 0.3 is 0 Å². The van der Waals surface area contributed by atoms with Gasteiger partial charge in [0.15, 0.2) is 0 Å². The van der Waals surface area contributed by atoms with Crippen molar-refractivity contribution in [3.63, 3.8) is 0 Å². The van der Waals surface area contributed by atoms with Crippen molar-refractivity contribution >= 4 is 5.78 Å². The molecule has 0 aromatic carbocycles. The summed E-state index contributed by atoms with van der Waals surface area (Å²) in [7, 11) is 0. The number of piperidine rings is 1. The molecule has 118 valence electrons. The first-order valence-electron chi connectivity index (χ1n) is 8.67. The number of ether oxygens (including phenoxy) is 1. The van der Waals surface area contributed by atoms with Crippen LogP contribution in [0.1, 0.15) is 77.6 Å². The highest BCUT2D eigenvalue weighted by Gasteiger charge is 2.13. The average Bonchev–Trinajstić information content (AvgIpc) is 2.47. The van der Waals surface area contributed by atoms with E-state index in [1.807, 2.05) is 0 Å². The molecule has 3 nitrogen and oxygen atoms in total. The van der Waals surface area contributed by atoms with Crippen LogP contribution >= 0.6 is 0 Å². The summed E-state index contributed by atoms with van der Waals surface area (Å²) in [6, 6.07) is 0. The zero-order chi connectivity index (χ0) is 14.5. The third-order valence-electron chi connectivity index (χ3n) is 4.08. The summed E-state index contributed by atoms with van der Waals surface area (Å²) in [6.07, 6.45) is 12.8. The van der Waals surface area contributed by atoms with Crippen LogP contribution in [0, 0.1) is 0 Å². The van der Waals surface area contributed by atoms with Gasteiger partial charge in [-0.25, -0.2) is 0 Å². The molecule has 1 heterocycles. The topological polar surface area (TPSA) is 38.3 Å². The zero-order valence-electron chi connectivity index (χ0n) is 13.3. The molecule has 1 aliphatic rings. The van der Waals surface area contributed by atoms with Crippen molar-refractivity contribution in [1.29, 1.82) is 0 Å². The molecule has 0 amide bonds. The Bertz CT molecular complexity index is 237. The van der Waals surface area contributed by atoms with Gasteiger partial charge in [0.2, 0.25) is 0 Å². The van der Waals surface area contributed by atoms with Crippen LogP contribution in [0.2, 0.25) is 0 Å². The Morgan fingerprint density at radius 2 is 1.65 bits per heavy atom. The lowest BCUT2D eigenvalue weighted by Crippen LogP contribution is -2.32. The minimum absolute atomic E-state index is 0.377. The van der Waals surface area contributed by atoms with Crippen LogP contribution in [0.4, 0.5) is 0 Å². The van der Waals surface area contributed by atoms with Gasteiger partial charge in [0, 0.05) is 12.8 Å². The van der Waals surface area contributed by atoms with E-state index in [9.17, 15) is 4.79 Å². The lowest BCUT2D eigenvalue weighted by molar-refractivity contribution is -0.120. The molecule has 1 N–H and O–H groups in total. The average molecular weight is 283 g/mol. The van der Waals surface area contributed by atoms with Crippen LogP contribution in [-0.4, -0.2) is 31.6 Å². The highest BCUT2D eigenvalue weighted by atomic mass is 16.5. The van der Waals surface area contributed by atoms with Crippen LogP contribution in [-0.2, 0) is 9.53 Å². The van der Waals surface area contributed by atoms with E-state index in [0.717, 1.165) is 38.8 Å². The quantitative estimate of drug-likeness (QED) is 0.553. The van der Waals surface area contributed by atoms with Crippen molar-refractivity contribution in [2.75, 3.05) is 19.7 Å². The summed E-state index contributed by atoms with van der Waals surface area (Å²) in [6.45, 7) is 4.97. The van der Waals surface area contributed by atoms with Crippen molar-refractivity contribution in [2.24, 2.45) is 0 Å². The van der Waals surface area contributed by atoms with Gasteiger partial charge in [-0.3, -0.25) is 4.79 Å². The molecule has 1 fully saturated rings. The Morgan fingerprint density at radius 1 is 1.00 bits per heavy atom. The van der Waals surface area contributed by atoms with E-state index in [1.165, 1.54) is 38.5 Å². The molecule has 3 heteroatoms. The van der Waals surface area contributed by atoms with Crippen molar-refractivity contribution in [1.82, 2.24) is 5.32 Å². The fourth-order valence-electron chi connectivity index (χ4n) is 2.71. The first-order valence-corrected chi connectivity index (χ1v) is 8.67. The molecule has 0 aliphatic carbocycles. The summed E-state index contributed by atoms with van der Waals surface area (Å²) in [5.74, 6) is 0.382. The Balaban J connectivity index is 1.85. The van der Waals surface area contributed by atoms with Gasteiger partial charge in [-0.15, -0.1) is 0 Å². The van der Waals surface area contributed by atoms with E-state index in [2.05, 4.69) is 12.2 Å². The highest BCUT2D eigenvalue weighted by molar-refractivity contribution is 5.78. The number of unbranched alkanes of at least 4 members (excludes halogenated alkanes) is 6. The number of hydrogen-bond acceptors (Lipinski definition) is 3. The molecule has 1 rings (SSSR count). The second-order valence-corrected chi connectivity index (χ2v) is 5.98. The number of carbonyl (C=O) groups is 1. The van der Waals surface area contributed by atoms with Crippen molar-refractivity contribution in [3.05, 3.63) is 0 Å². The number of hydrogen-bond donors (Lipinski definition) is 1. The summed E-state index contributed by atoms with van der Waals surface area (Å²) in [5, 5.41) is 3.32. The first kappa shape index (κ1) is 17.6. The van der Waals surface area contributed by atoms with E-state index >= 15 is 0 Å². The standard InChI is InChI=1S/C17H33NO2/c1-2-3-4-5-6-7-8-9-16(19)12-15-20-17-10-13-18-14-11-17/h17-18H,2-15H2,1H3. The number of Topliss-reactive ketones (excluding diaryl/α,β-unsaturated/α-hetero) is 1. The van der Waals surface area contributed by atoms with Crippen LogP contribution in [0.3, 0.4) is 0 Å². The van der Waals surface area contributed by atoms with E-state index in [4.69, 9.17) is 4.74 Å². The second kappa shape index (κ2) is 12.3. The SMILES string of the molecule is CCCCCCCCCC(=O)CCOC1CCNCC1. The summed E-state index contributed by atoms with van der Waals surface area (Å²) < 4.78 is 5.76. The van der Waals surface area contributed by atoms with Crippen LogP contribution in [0.5, 0.6) is 0 Å². The van der Waals surface area contributed by atoms with Gasteiger partial charge in [0.25, 0.3) is 0 Å². The maximum atomic E-state index is 11.7. The largest absolute Gasteiger partial charge is 0.378 e. The first-order chi connectivity index (χ1) is 9.83. The third-order valence-corrected chi connectivity index (χ3v) is 4.08. The summed E-state index contributed by atoms with van der Waals surface area (Å²) in [5.41, 5.74) is 0. The Hall–Kier alpha value is -0.410. The maximum Gasteiger partial charge on any atom is 0.135 e. The molecule has 0 radical (unpaired) electrons. The molecule has 0 bridgehead atoms. The fourth-order valence-corrected chi connectivity index (χ4v) is 2.71. The van der Waals surface area contributed by atoms with E-state index in [0.29, 0.717) is 24.9 Å². The molecule has 1 aliphatic heterocycles. The summed E-state index contributed by atoms with van der Waals surface area (Å²) >= 11 is 0. The van der Waals surface area contributed by atoms with E-state index in [1.54, 1.807) is 0 Å². The normalized spacial score (nSPS) is 16.4. The van der Waals surface area contributed by atoms with Crippen molar-refractivity contribution in [2.45, 2.75) is 83.7 Å². The van der Waals surface area contributed by atoms with Crippen molar-refractivity contribution in [3.8, 4) is 0 Å². The number of rotatable bonds is 12. The predicted molar refractivity (Wildman–Crippen MR) is 84.1 cm³/mol. The van der Waals surface area contributed by atoms with Crippen molar-refractivity contribution < 1.29 is 9.53 Å². The molecule has 0 atom stereocenters. The van der Waals surface area contributed by atoms with Gasteiger partial charge in [0.1, 0.15) is 5.78 Å². The molecule has 0 aromatic rings. The molecular formula is C17H33NO2. The molecule has 0 saturated carbocycles. The lowest BCUT2D eigenvalue weighted by atomic mass is 10.1. The second-order valence-electron chi connectivity index (χ2n) is 5.98. The predicted octanol–water partition coefficient (Wildman–Crippen LogP) is 3.85. The maximum absolute atomic E-state index is 11.7. The molecule has 1 saturated heterocycles. The smallest absolute Gasteiger partial charge is 0.135 e. The number of carbonyl (C=O) groups excluding carboxylic acids is 1. The van der Waals surface area contributed by atoms with Gasteiger partial charge < -0.3 is 10.1 Å². The van der Waals surface area contributed by atoms with Gasteiger partial charge in [-0.2, -0.15) is 0 Å². The van der Waals surface area contributed by atoms with E-state index in [-0.39, 0.29) is 0 Å². The van der Waals surface area contributed by atoms with Gasteiger partial charge in [-0.05, 0) is 32.4 Å². The highest BCUT2D eigenvalue weighted by Crippen LogP contribution is 2.10. The monoisotopic (exact) mass is 283 g/mol. The number of nitrogens with one attached hydrogen (secondary N) is 1. The molecule has 0 spiro atoms. The summed E-state index contributed by atoms with van der Waals surface area (Å²) in [4.78, 5) is 11.7. The van der Waals surface area contributed by atoms with Crippen LogP contribution < -0.4 is 5.32 Å². The van der Waals surface area contributed by atoms with Crippen LogP contribution in [0.25, 0.3) is 0 Å². The molecular weight excluding hydrogens is 250 g/mol. The van der Waals surface area contributed by atoms with Gasteiger partial charge in [-0.1, -0.05) is 45.4 Å². The molecule has 0 unspecified atom stereocenters. The van der Waals surface area contributed by atoms with Crippen LogP contribution in [0.15, 0.2) is 0 Å². The third kappa shape index (κ3) is 9.49. The molecule has 0 aromatic heterocycles. The minimum atomic E-state index is 0.377. The minimum Gasteiger partial charge on any atom is -0.378 e.